The Kier molecular flexibility index (Phi) is 4.82. The molecule has 6 heteroatoms. The maximum absolute atomic E-state index is 8.52. The summed E-state index contributed by atoms with van der Waals surface area (Å²) in [6.07, 6.45) is 1.06. The number of aliphatic imine (C=N–C) groups is 1. The van der Waals surface area contributed by atoms with E-state index in [-0.39, 0.29) is 0 Å². The fraction of sp³-hybridized carbons (Fsp3) is 0. The second kappa shape index (κ2) is 7.28. The number of nitriles is 1. The highest BCUT2D eigenvalue weighted by Gasteiger charge is 2.08. The Hall–Kier alpha value is -3.20. The van der Waals surface area contributed by atoms with Gasteiger partial charge < -0.3 is 0 Å². The molecular formula is C14H10N2O4. The lowest BCUT2D eigenvalue weighted by molar-refractivity contribution is -0.208. The molecule has 0 bridgehead atoms. The van der Waals surface area contributed by atoms with E-state index < -0.39 is 6.08 Å². The molecule has 0 saturated heterocycles. The second-order valence-electron chi connectivity index (χ2n) is 3.44. The van der Waals surface area contributed by atoms with Crippen LogP contribution in [0.4, 0.5) is 0 Å². The van der Waals surface area contributed by atoms with Crippen molar-refractivity contribution >= 4 is 6.08 Å². The van der Waals surface area contributed by atoms with Crippen LogP contribution in [0.15, 0.2) is 65.7 Å². The molecule has 0 N–H and O–H groups in total. The number of rotatable bonds is 4. The Balaban J connectivity index is 1.88. The minimum atomic E-state index is -0.458. The van der Waals surface area contributed by atoms with Gasteiger partial charge in [-0.25, -0.2) is 9.78 Å². The summed E-state index contributed by atoms with van der Waals surface area (Å²) in [6, 6.07) is 17.4. The van der Waals surface area contributed by atoms with E-state index in [9.17, 15) is 0 Å². The van der Waals surface area contributed by atoms with E-state index in [2.05, 4.69) is 4.99 Å². The fourth-order valence-electron chi connectivity index (χ4n) is 1.21. The summed E-state index contributed by atoms with van der Waals surface area (Å²) in [6.45, 7) is 0. The molecule has 0 aliphatic carbocycles. The first-order valence-corrected chi connectivity index (χ1v) is 5.64. The summed E-state index contributed by atoms with van der Waals surface area (Å²) in [5.41, 5.74) is 0. The zero-order valence-electron chi connectivity index (χ0n) is 10.3. The average molecular weight is 270 g/mol. The van der Waals surface area contributed by atoms with Crippen LogP contribution in [0.5, 0.6) is 11.5 Å². The van der Waals surface area contributed by atoms with Gasteiger partial charge in [0.15, 0.2) is 11.5 Å². The van der Waals surface area contributed by atoms with Crippen LogP contribution in [0.25, 0.3) is 0 Å². The van der Waals surface area contributed by atoms with Crippen molar-refractivity contribution in [2.24, 2.45) is 4.99 Å². The first-order chi connectivity index (χ1) is 9.88. The molecule has 0 spiro atoms. The van der Waals surface area contributed by atoms with Crippen molar-refractivity contribution < 1.29 is 19.6 Å². The summed E-state index contributed by atoms with van der Waals surface area (Å²) in [4.78, 5) is 22.7. The van der Waals surface area contributed by atoms with Crippen LogP contribution in [-0.2, 0) is 9.78 Å². The second-order valence-corrected chi connectivity index (χ2v) is 3.44. The lowest BCUT2D eigenvalue weighted by atomic mass is 10.3. The van der Waals surface area contributed by atoms with Gasteiger partial charge in [-0.1, -0.05) is 41.4 Å². The summed E-state index contributed by atoms with van der Waals surface area (Å²) in [5, 5.41) is 8.52. The molecule has 0 radical (unpaired) electrons. The molecule has 0 atom stereocenters. The molecule has 0 fully saturated rings. The predicted molar refractivity (Wildman–Crippen MR) is 69.4 cm³/mol. The normalized spacial score (nSPS) is 8.95. The summed E-state index contributed by atoms with van der Waals surface area (Å²) >= 11 is 0. The minimum absolute atomic E-state index is 0.432. The van der Waals surface area contributed by atoms with Gasteiger partial charge in [-0.15, -0.1) is 0 Å². The third-order valence-corrected chi connectivity index (χ3v) is 2.05. The van der Waals surface area contributed by atoms with Gasteiger partial charge in [0, 0.05) is 0 Å². The van der Waals surface area contributed by atoms with Crippen molar-refractivity contribution in [3.63, 3.8) is 0 Å². The van der Waals surface area contributed by atoms with E-state index >= 15 is 0 Å². The third-order valence-electron chi connectivity index (χ3n) is 2.05. The Labute approximate surface area is 115 Å². The molecule has 0 aliphatic heterocycles. The highest BCUT2D eigenvalue weighted by atomic mass is 17.3. The van der Waals surface area contributed by atoms with Gasteiger partial charge in [0.05, 0.1) is 0 Å². The van der Waals surface area contributed by atoms with Crippen molar-refractivity contribution in [2.75, 3.05) is 0 Å². The van der Waals surface area contributed by atoms with Crippen molar-refractivity contribution in [3.05, 3.63) is 60.7 Å². The van der Waals surface area contributed by atoms with Crippen molar-refractivity contribution in [1.82, 2.24) is 0 Å². The van der Waals surface area contributed by atoms with Crippen molar-refractivity contribution in [3.8, 4) is 17.7 Å². The molecular weight excluding hydrogens is 260 g/mol. The molecule has 0 aliphatic rings. The summed E-state index contributed by atoms with van der Waals surface area (Å²) in [5.74, 6) is 0.864. The highest BCUT2D eigenvalue weighted by Crippen LogP contribution is 2.11. The number of hydrogen-bond donors (Lipinski definition) is 0. The molecule has 2 aromatic carbocycles. The standard InChI is InChI=1S/C14H10N2O4/c15-11-16-14(19-17-12-7-3-1-4-8-12)20-18-13-9-5-2-6-10-13/h1-10H. The summed E-state index contributed by atoms with van der Waals surface area (Å²) < 4.78 is 0. The number of nitrogens with zero attached hydrogens (tertiary/aromatic N) is 2. The molecule has 20 heavy (non-hydrogen) atoms. The van der Waals surface area contributed by atoms with Gasteiger partial charge in [-0.2, -0.15) is 5.26 Å². The van der Waals surface area contributed by atoms with Gasteiger partial charge in [0.2, 0.25) is 6.19 Å². The largest absolute Gasteiger partial charge is 0.485 e. The van der Waals surface area contributed by atoms with E-state index in [0.717, 1.165) is 0 Å². The molecule has 100 valence electrons. The van der Waals surface area contributed by atoms with Crippen LogP contribution in [0.3, 0.4) is 0 Å². The van der Waals surface area contributed by atoms with E-state index in [1.165, 1.54) is 6.19 Å². The first kappa shape index (κ1) is 13.2. The van der Waals surface area contributed by atoms with Crippen LogP contribution >= 0.6 is 0 Å². The maximum Gasteiger partial charge on any atom is 0.485 e. The number of para-hydroxylation sites is 2. The zero-order valence-corrected chi connectivity index (χ0v) is 10.3. The third kappa shape index (κ3) is 4.23. The first-order valence-electron chi connectivity index (χ1n) is 5.64. The van der Waals surface area contributed by atoms with Crippen molar-refractivity contribution in [1.29, 1.82) is 5.26 Å². The smallest absolute Gasteiger partial charge is 0.285 e. The van der Waals surface area contributed by atoms with E-state index in [4.69, 9.17) is 24.8 Å². The van der Waals surface area contributed by atoms with Crippen LogP contribution in [-0.4, -0.2) is 6.08 Å². The Morgan fingerprint density at radius 1 is 0.800 bits per heavy atom. The highest BCUT2D eigenvalue weighted by molar-refractivity contribution is 5.66. The number of benzene rings is 2. The van der Waals surface area contributed by atoms with Crippen LogP contribution in [0, 0.1) is 11.5 Å². The molecule has 2 aromatic rings. The molecule has 0 unspecified atom stereocenters. The predicted octanol–water partition coefficient (Wildman–Crippen LogP) is 2.84. The van der Waals surface area contributed by atoms with Gasteiger partial charge in [-0.3, -0.25) is 9.78 Å². The van der Waals surface area contributed by atoms with Crippen molar-refractivity contribution in [2.45, 2.75) is 0 Å². The molecule has 2 rings (SSSR count). The molecule has 6 nitrogen and oxygen atoms in total. The van der Waals surface area contributed by atoms with E-state index in [0.29, 0.717) is 11.5 Å². The topological polar surface area (TPSA) is 73.1 Å². The van der Waals surface area contributed by atoms with Gasteiger partial charge in [-0.05, 0) is 24.3 Å². The fourth-order valence-corrected chi connectivity index (χ4v) is 1.21. The van der Waals surface area contributed by atoms with Gasteiger partial charge >= 0.3 is 6.08 Å². The lowest BCUT2D eigenvalue weighted by Gasteiger charge is -2.07. The SMILES string of the molecule is N#CN=C(OOc1ccccc1)OOc1ccccc1. The quantitative estimate of drug-likeness (QED) is 0.281. The van der Waals surface area contributed by atoms with Crippen LogP contribution < -0.4 is 9.78 Å². The zero-order chi connectivity index (χ0) is 14.0. The number of hydrogen-bond acceptors (Lipinski definition) is 6. The Morgan fingerprint density at radius 2 is 1.25 bits per heavy atom. The maximum atomic E-state index is 8.52. The monoisotopic (exact) mass is 270 g/mol. The Morgan fingerprint density at radius 3 is 1.65 bits per heavy atom. The molecule has 0 aromatic heterocycles. The minimum Gasteiger partial charge on any atom is -0.285 e. The van der Waals surface area contributed by atoms with E-state index in [1.807, 2.05) is 12.1 Å². The molecule has 0 heterocycles. The van der Waals surface area contributed by atoms with Crippen LogP contribution in [0.2, 0.25) is 0 Å². The van der Waals surface area contributed by atoms with Gasteiger partial charge in [0.25, 0.3) is 0 Å². The molecule has 0 saturated carbocycles. The van der Waals surface area contributed by atoms with E-state index in [1.54, 1.807) is 48.5 Å². The van der Waals surface area contributed by atoms with Crippen LogP contribution in [0.1, 0.15) is 0 Å². The van der Waals surface area contributed by atoms with Gasteiger partial charge in [0.1, 0.15) is 0 Å². The summed E-state index contributed by atoms with van der Waals surface area (Å²) in [7, 11) is 0. The molecule has 0 amide bonds. The Bertz CT molecular complexity index is 548. The lowest BCUT2D eigenvalue weighted by Crippen LogP contribution is -2.14. The average Bonchev–Trinajstić information content (AvgIpc) is 2.52.